The van der Waals surface area contributed by atoms with Crippen LogP contribution in [0.2, 0.25) is 0 Å². The highest BCUT2D eigenvalue weighted by atomic mass is 16.6. The Morgan fingerprint density at radius 1 is 1.29 bits per heavy atom. The van der Waals surface area contributed by atoms with E-state index in [1.54, 1.807) is 13.3 Å². The molecule has 168 valence electrons. The van der Waals surface area contributed by atoms with Gasteiger partial charge in [0.2, 0.25) is 0 Å². The number of methoxy groups -OCH3 is 1. The van der Waals surface area contributed by atoms with E-state index in [0.717, 1.165) is 60.3 Å². The third-order valence-electron chi connectivity index (χ3n) is 5.95. The first-order chi connectivity index (χ1) is 14.8. The quantitative estimate of drug-likeness (QED) is 0.801. The smallest absolute Gasteiger partial charge is 0.410 e. The van der Waals surface area contributed by atoms with E-state index in [-0.39, 0.29) is 18.1 Å². The van der Waals surface area contributed by atoms with Gasteiger partial charge >= 0.3 is 6.09 Å². The van der Waals surface area contributed by atoms with Gasteiger partial charge in [-0.25, -0.2) is 4.79 Å². The Morgan fingerprint density at radius 3 is 2.77 bits per heavy atom. The van der Waals surface area contributed by atoms with Crippen LogP contribution < -0.4 is 14.8 Å². The van der Waals surface area contributed by atoms with Gasteiger partial charge in [0.1, 0.15) is 17.1 Å². The molecule has 3 heterocycles. The first-order valence-electron chi connectivity index (χ1n) is 11.1. The summed E-state index contributed by atoms with van der Waals surface area (Å²) < 4.78 is 17.3. The van der Waals surface area contributed by atoms with Gasteiger partial charge in [0.05, 0.1) is 25.4 Å². The number of hydrogen-bond donors (Lipinski definition) is 1. The van der Waals surface area contributed by atoms with Gasteiger partial charge in [-0.15, -0.1) is 0 Å². The van der Waals surface area contributed by atoms with Gasteiger partial charge in [-0.3, -0.25) is 4.98 Å². The number of carbonyl (C=O) groups is 1. The van der Waals surface area contributed by atoms with Gasteiger partial charge < -0.3 is 24.4 Å². The minimum atomic E-state index is -0.518. The molecule has 1 fully saturated rings. The van der Waals surface area contributed by atoms with Crippen LogP contribution in [-0.2, 0) is 11.2 Å². The Labute approximate surface area is 184 Å². The van der Waals surface area contributed by atoms with Crippen molar-refractivity contribution < 1.29 is 19.0 Å². The van der Waals surface area contributed by atoms with Crippen LogP contribution in [0.3, 0.4) is 0 Å². The molecule has 0 bridgehead atoms. The van der Waals surface area contributed by atoms with Gasteiger partial charge in [-0.1, -0.05) is 0 Å². The van der Waals surface area contributed by atoms with Crippen molar-refractivity contribution in [2.45, 2.75) is 51.7 Å². The summed E-state index contributed by atoms with van der Waals surface area (Å²) in [5.41, 5.74) is 1.54. The van der Waals surface area contributed by atoms with Crippen LogP contribution in [0.4, 0.5) is 4.79 Å². The molecular weight excluding hydrogens is 394 g/mol. The highest BCUT2D eigenvalue weighted by Gasteiger charge is 2.33. The van der Waals surface area contributed by atoms with E-state index in [0.29, 0.717) is 13.2 Å². The Bertz CT molecular complexity index is 929. The Balaban J connectivity index is 1.57. The van der Waals surface area contributed by atoms with Gasteiger partial charge in [0.25, 0.3) is 0 Å². The molecule has 0 aliphatic carbocycles. The van der Waals surface area contributed by atoms with Crippen LogP contribution >= 0.6 is 0 Å². The normalized spacial score (nSPS) is 19.4. The fourth-order valence-corrected chi connectivity index (χ4v) is 4.43. The summed E-state index contributed by atoms with van der Waals surface area (Å²) in [4.78, 5) is 19.6. The van der Waals surface area contributed by atoms with E-state index in [2.05, 4.69) is 10.3 Å². The molecule has 2 aliphatic rings. The van der Waals surface area contributed by atoms with E-state index < -0.39 is 5.60 Å². The van der Waals surface area contributed by atoms with Crippen LogP contribution in [0.5, 0.6) is 11.5 Å². The molecule has 1 atom stereocenters. The topological polar surface area (TPSA) is 72.9 Å². The molecule has 31 heavy (non-hydrogen) atoms. The molecule has 2 aliphatic heterocycles. The van der Waals surface area contributed by atoms with Crippen LogP contribution in [0.15, 0.2) is 24.4 Å². The number of nitrogens with zero attached hydrogens (tertiary/aromatic N) is 2. The molecule has 4 rings (SSSR count). The molecular formula is C24H33N3O4. The van der Waals surface area contributed by atoms with Crippen molar-refractivity contribution in [1.29, 1.82) is 0 Å². The van der Waals surface area contributed by atoms with Crippen LogP contribution in [-0.4, -0.2) is 61.0 Å². The van der Waals surface area contributed by atoms with Gasteiger partial charge in [0.15, 0.2) is 0 Å². The maximum atomic E-state index is 13.1. The summed E-state index contributed by atoms with van der Waals surface area (Å²) in [5, 5.41) is 4.43. The lowest BCUT2D eigenvalue weighted by molar-refractivity contribution is 0.00640. The first kappa shape index (κ1) is 21.7. The van der Waals surface area contributed by atoms with E-state index in [9.17, 15) is 4.79 Å². The van der Waals surface area contributed by atoms with Crippen LogP contribution in [0.1, 0.15) is 39.2 Å². The predicted molar refractivity (Wildman–Crippen MR) is 120 cm³/mol. The lowest BCUT2D eigenvalue weighted by atomic mass is 9.93. The van der Waals surface area contributed by atoms with Gasteiger partial charge in [-0.2, -0.15) is 0 Å². The summed E-state index contributed by atoms with van der Waals surface area (Å²) >= 11 is 0. The van der Waals surface area contributed by atoms with Crippen molar-refractivity contribution in [1.82, 2.24) is 15.2 Å². The number of ether oxygens (including phenoxy) is 3. The zero-order chi connectivity index (χ0) is 22.0. The molecule has 0 radical (unpaired) electrons. The molecule has 1 aromatic carbocycles. The minimum Gasteiger partial charge on any atom is -0.497 e. The largest absolute Gasteiger partial charge is 0.497 e. The number of aromatic nitrogens is 1. The number of carbonyl (C=O) groups excluding carboxylic acids is 1. The summed E-state index contributed by atoms with van der Waals surface area (Å²) in [5.74, 6) is 1.81. The second-order valence-corrected chi connectivity index (χ2v) is 9.48. The average molecular weight is 428 g/mol. The molecule has 1 unspecified atom stereocenters. The number of piperidine rings is 1. The average Bonchev–Trinajstić information content (AvgIpc) is 2.76. The second kappa shape index (κ2) is 8.91. The summed E-state index contributed by atoms with van der Waals surface area (Å²) in [7, 11) is 1.67. The molecule has 7 nitrogen and oxygen atoms in total. The van der Waals surface area contributed by atoms with Crippen molar-refractivity contribution in [2.24, 2.45) is 5.92 Å². The lowest BCUT2D eigenvalue weighted by Crippen LogP contribution is -2.50. The Morgan fingerprint density at radius 2 is 2.06 bits per heavy atom. The van der Waals surface area contributed by atoms with Crippen molar-refractivity contribution >= 4 is 17.0 Å². The van der Waals surface area contributed by atoms with Gasteiger partial charge in [0, 0.05) is 29.5 Å². The fourth-order valence-electron chi connectivity index (χ4n) is 4.43. The SMILES string of the molecule is COc1ccc2ncc3c(c2c1)CC(CN(C(=O)OC(C)(C)C)C1CCNCC1)CO3. The fraction of sp³-hybridized carbons (Fsp3) is 0.583. The summed E-state index contributed by atoms with van der Waals surface area (Å²) in [6.45, 7) is 8.77. The predicted octanol–water partition coefficient (Wildman–Crippen LogP) is 3.78. The third kappa shape index (κ3) is 5.03. The van der Waals surface area contributed by atoms with E-state index in [1.807, 2.05) is 43.9 Å². The van der Waals surface area contributed by atoms with E-state index in [4.69, 9.17) is 14.2 Å². The highest BCUT2D eigenvalue weighted by Crippen LogP contribution is 2.35. The zero-order valence-electron chi connectivity index (χ0n) is 18.9. The number of hydrogen-bond acceptors (Lipinski definition) is 6. The number of pyridine rings is 1. The van der Waals surface area contributed by atoms with Gasteiger partial charge in [-0.05, 0) is 71.3 Å². The van der Waals surface area contributed by atoms with Crippen molar-refractivity contribution in [3.63, 3.8) is 0 Å². The molecule has 2 aromatic rings. The third-order valence-corrected chi connectivity index (χ3v) is 5.95. The van der Waals surface area contributed by atoms with Crippen molar-refractivity contribution in [3.05, 3.63) is 30.0 Å². The zero-order valence-corrected chi connectivity index (χ0v) is 18.9. The molecule has 0 spiro atoms. The van der Waals surface area contributed by atoms with Crippen LogP contribution in [0.25, 0.3) is 10.9 Å². The molecule has 1 aromatic heterocycles. The van der Waals surface area contributed by atoms with E-state index >= 15 is 0 Å². The molecule has 1 N–H and O–H groups in total. The number of benzene rings is 1. The first-order valence-corrected chi connectivity index (χ1v) is 11.1. The second-order valence-electron chi connectivity index (χ2n) is 9.48. The molecule has 1 saturated heterocycles. The number of fused-ring (bicyclic) bond motifs is 3. The molecule has 0 saturated carbocycles. The maximum absolute atomic E-state index is 13.1. The minimum absolute atomic E-state index is 0.187. The highest BCUT2D eigenvalue weighted by molar-refractivity contribution is 5.85. The summed E-state index contributed by atoms with van der Waals surface area (Å²) in [6.07, 6.45) is 4.28. The van der Waals surface area contributed by atoms with Crippen LogP contribution in [0, 0.1) is 5.92 Å². The molecule has 1 amide bonds. The standard InChI is InChI=1S/C24H33N3O4/c1-24(2,3)31-23(28)27(17-7-9-25-10-8-17)14-16-11-20-19-12-18(29-4)5-6-21(19)26-13-22(20)30-15-16/h5-6,12-13,16-17,25H,7-11,14-15H2,1-4H3. The monoisotopic (exact) mass is 427 g/mol. The number of amides is 1. The lowest BCUT2D eigenvalue weighted by Gasteiger charge is -2.38. The van der Waals surface area contributed by atoms with Crippen molar-refractivity contribution in [3.8, 4) is 11.5 Å². The van der Waals surface area contributed by atoms with Crippen molar-refractivity contribution in [2.75, 3.05) is 33.4 Å². The Kier molecular flexibility index (Phi) is 6.23. The molecule has 7 heteroatoms. The number of rotatable bonds is 4. The number of nitrogens with one attached hydrogen (secondary N) is 1. The summed E-state index contributed by atoms with van der Waals surface area (Å²) in [6, 6.07) is 6.10. The maximum Gasteiger partial charge on any atom is 0.410 e. The Hall–Kier alpha value is -2.54. The van der Waals surface area contributed by atoms with E-state index in [1.165, 1.54) is 0 Å².